The number of urea groups is 1. The van der Waals surface area contributed by atoms with E-state index in [0.717, 1.165) is 16.9 Å². The number of carbonyl (C=O) groups excluding carboxylic acids is 1. The smallest absolute Gasteiger partial charge is 0.252 e. The highest BCUT2D eigenvalue weighted by molar-refractivity contribution is 7.83. The zero-order chi connectivity index (χ0) is 18.4. The molecule has 0 spiro atoms. The Morgan fingerprint density at radius 1 is 0.808 bits per heavy atom. The van der Waals surface area contributed by atoms with Crippen molar-refractivity contribution in [1.29, 1.82) is 0 Å². The van der Waals surface area contributed by atoms with Crippen LogP contribution in [0, 0.1) is 6.92 Å². The van der Waals surface area contributed by atoms with Crippen LogP contribution in [-0.2, 0) is 11.0 Å². The molecule has 0 heterocycles. The normalized spacial score (nSPS) is 11.4. The fourth-order valence-corrected chi connectivity index (χ4v) is 3.08. The molecule has 0 fully saturated rings. The Morgan fingerprint density at radius 3 is 1.81 bits per heavy atom. The van der Waals surface area contributed by atoms with E-state index in [4.69, 9.17) is 0 Å². The van der Waals surface area contributed by atoms with Crippen molar-refractivity contribution >= 4 is 28.4 Å². The van der Waals surface area contributed by atoms with E-state index in [-0.39, 0.29) is 0 Å². The second kappa shape index (κ2) is 8.31. The molecule has 26 heavy (non-hydrogen) atoms. The number of aryl methyl sites for hydroxylation is 1. The molecular weight excluding hydrogens is 346 g/mol. The summed E-state index contributed by atoms with van der Waals surface area (Å²) in [7, 11) is -1.64. The number of nitrogens with zero attached hydrogens (tertiary/aromatic N) is 1. The van der Waals surface area contributed by atoms with Crippen molar-refractivity contribution in [2.24, 2.45) is 0 Å². The third kappa shape index (κ3) is 4.49. The van der Waals surface area contributed by atoms with Crippen LogP contribution in [-0.4, -0.2) is 10.2 Å². The molecule has 0 saturated carbocycles. The molecule has 6 heteroatoms. The van der Waals surface area contributed by atoms with E-state index in [2.05, 4.69) is 10.1 Å². The van der Waals surface area contributed by atoms with Gasteiger partial charge in [0, 0.05) is 0 Å². The van der Waals surface area contributed by atoms with Gasteiger partial charge in [0.1, 0.15) is 0 Å². The Labute approximate surface area is 155 Å². The number of carbonyl (C=O) groups is 1. The van der Waals surface area contributed by atoms with E-state index in [1.54, 1.807) is 17.1 Å². The first kappa shape index (κ1) is 17.7. The van der Waals surface area contributed by atoms with Gasteiger partial charge in [0.2, 0.25) is 0 Å². The summed E-state index contributed by atoms with van der Waals surface area (Å²) in [5, 5.41) is 1.64. The Bertz CT molecular complexity index is 844. The van der Waals surface area contributed by atoms with Gasteiger partial charge in [-0.15, -0.1) is 0 Å². The lowest BCUT2D eigenvalue weighted by molar-refractivity contribution is 0.246. The van der Waals surface area contributed by atoms with Crippen molar-refractivity contribution < 1.29 is 9.00 Å². The van der Waals surface area contributed by atoms with Gasteiger partial charge in [-0.2, -0.15) is 0 Å². The van der Waals surface area contributed by atoms with Gasteiger partial charge in [-0.25, -0.2) is 14.4 Å². The Balaban J connectivity index is 1.75. The van der Waals surface area contributed by atoms with Crippen LogP contribution < -0.4 is 15.2 Å². The highest BCUT2D eigenvalue weighted by Gasteiger charge is 2.14. The third-order valence-electron chi connectivity index (χ3n) is 3.66. The highest BCUT2D eigenvalue weighted by atomic mass is 32.2. The van der Waals surface area contributed by atoms with Crippen LogP contribution in [0.1, 0.15) is 5.56 Å². The second-order valence-corrected chi connectivity index (χ2v) is 6.84. The van der Waals surface area contributed by atoms with E-state index in [0.29, 0.717) is 4.90 Å². The van der Waals surface area contributed by atoms with Gasteiger partial charge in [0.05, 0.1) is 16.3 Å². The average molecular weight is 365 g/mol. The molecule has 0 saturated heterocycles. The summed E-state index contributed by atoms with van der Waals surface area (Å²) in [6, 6.07) is 25.5. The number of rotatable bonds is 5. The van der Waals surface area contributed by atoms with Crippen LogP contribution in [0.4, 0.5) is 16.2 Å². The number of amides is 2. The molecule has 0 aliphatic carbocycles. The van der Waals surface area contributed by atoms with Crippen molar-refractivity contribution in [1.82, 2.24) is 10.1 Å². The molecule has 5 nitrogen and oxygen atoms in total. The number of hydrogen-bond acceptors (Lipinski definition) is 3. The number of anilines is 2. The molecule has 1 atom stereocenters. The molecule has 0 aromatic heterocycles. The van der Waals surface area contributed by atoms with Crippen LogP contribution in [0.15, 0.2) is 89.8 Å². The van der Waals surface area contributed by atoms with Crippen molar-refractivity contribution in [2.45, 2.75) is 11.8 Å². The molecule has 1 unspecified atom stereocenters. The quantitative estimate of drug-likeness (QED) is 0.670. The van der Waals surface area contributed by atoms with Gasteiger partial charge >= 0.3 is 6.03 Å². The molecule has 0 aliphatic heterocycles. The van der Waals surface area contributed by atoms with Crippen LogP contribution in [0.5, 0.6) is 0 Å². The monoisotopic (exact) mass is 365 g/mol. The lowest BCUT2D eigenvalue weighted by atomic mass is 10.2. The lowest BCUT2D eigenvalue weighted by Crippen LogP contribution is -2.45. The minimum atomic E-state index is -1.64. The van der Waals surface area contributed by atoms with Gasteiger partial charge in [0.25, 0.3) is 0 Å². The Hall–Kier alpha value is -3.12. The molecule has 0 radical (unpaired) electrons. The predicted molar refractivity (Wildman–Crippen MR) is 104 cm³/mol. The summed E-state index contributed by atoms with van der Waals surface area (Å²) in [6.45, 7) is 1.95. The van der Waals surface area contributed by atoms with Crippen LogP contribution in [0.25, 0.3) is 0 Å². The van der Waals surface area contributed by atoms with Gasteiger partial charge in [0.15, 0.2) is 11.0 Å². The first-order chi connectivity index (χ1) is 12.6. The van der Waals surface area contributed by atoms with E-state index in [1.165, 1.54) is 0 Å². The topological polar surface area (TPSA) is 61.4 Å². The van der Waals surface area contributed by atoms with E-state index in [1.807, 2.05) is 79.7 Å². The zero-order valence-electron chi connectivity index (χ0n) is 14.3. The summed E-state index contributed by atoms with van der Waals surface area (Å²) in [5.41, 5.74) is 5.39. The largest absolute Gasteiger partial charge is 0.346 e. The molecular formula is C20H19N3O2S. The van der Waals surface area contributed by atoms with Gasteiger partial charge in [-0.1, -0.05) is 54.1 Å². The van der Waals surface area contributed by atoms with E-state index in [9.17, 15) is 9.00 Å². The van der Waals surface area contributed by atoms with Crippen molar-refractivity contribution in [3.63, 3.8) is 0 Å². The maximum Gasteiger partial charge on any atom is 0.346 e. The molecule has 0 bridgehead atoms. The molecule has 3 aromatic rings. The highest BCUT2D eigenvalue weighted by Crippen LogP contribution is 2.22. The van der Waals surface area contributed by atoms with Gasteiger partial charge < -0.3 is 0 Å². The number of para-hydroxylation sites is 2. The zero-order valence-corrected chi connectivity index (χ0v) is 15.1. The predicted octanol–water partition coefficient (Wildman–Crippen LogP) is 4.07. The summed E-state index contributed by atoms with van der Waals surface area (Å²) in [4.78, 5) is 12.9. The first-order valence-electron chi connectivity index (χ1n) is 8.09. The number of hydrazine groups is 1. The Kier molecular flexibility index (Phi) is 5.66. The molecule has 0 aliphatic rings. The minimum absolute atomic E-state index is 0.539. The van der Waals surface area contributed by atoms with Crippen molar-refractivity contribution in [3.8, 4) is 0 Å². The maximum atomic E-state index is 12.4. The fraction of sp³-hybridized carbons (Fsp3) is 0.0500. The first-order valence-corrected chi connectivity index (χ1v) is 9.24. The third-order valence-corrected chi connectivity index (χ3v) is 4.73. The number of benzene rings is 3. The van der Waals surface area contributed by atoms with Crippen LogP contribution in [0.2, 0.25) is 0 Å². The summed E-state index contributed by atoms with van der Waals surface area (Å²) >= 11 is 0. The number of nitrogens with one attached hydrogen (secondary N) is 2. The maximum absolute atomic E-state index is 12.4. The SMILES string of the molecule is Cc1ccc(S(=O)NC(=O)NN(c2ccccc2)c2ccccc2)cc1. The standard InChI is InChI=1S/C20H19N3O2S/c1-16-12-14-19(15-13-16)26(25)22-20(24)21-23(17-8-4-2-5-9-17)18-10-6-3-7-11-18/h2-15H,1H3,(H2,21,22,24). The summed E-state index contributed by atoms with van der Waals surface area (Å²) in [6.07, 6.45) is 0. The van der Waals surface area contributed by atoms with E-state index >= 15 is 0 Å². The second-order valence-electron chi connectivity index (χ2n) is 5.63. The van der Waals surface area contributed by atoms with Gasteiger partial charge in [-0.05, 0) is 43.3 Å². The number of hydrogen-bond donors (Lipinski definition) is 2. The molecule has 2 amide bonds. The van der Waals surface area contributed by atoms with Crippen molar-refractivity contribution in [3.05, 3.63) is 90.5 Å². The van der Waals surface area contributed by atoms with E-state index < -0.39 is 17.0 Å². The molecule has 132 valence electrons. The van der Waals surface area contributed by atoms with Crippen molar-refractivity contribution in [2.75, 3.05) is 5.01 Å². The molecule has 2 N–H and O–H groups in total. The molecule has 3 aromatic carbocycles. The van der Waals surface area contributed by atoms with Crippen LogP contribution in [0.3, 0.4) is 0 Å². The lowest BCUT2D eigenvalue weighted by Gasteiger charge is -2.25. The summed E-state index contributed by atoms with van der Waals surface area (Å²) < 4.78 is 14.8. The Morgan fingerprint density at radius 2 is 1.31 bits per heavy atom. The summed E-state index contributed by atoms with van der Waals surface area (Å²) in [5.74, 6) is 0. The van der Waals surface area contributed by atoms with Crippen LogP contribution >= 0.6 is 0 Å². The van der Waals surface area contributed by atoms with Gasteiger partial charge in [-0.3, -0.25) is 9.73 Å². The molecule has 3 rings (SSSR count). The average Bonchev–Trinajstić information content (AvgIpc) is 2.68. The minimum Gasteiger partial charge on any atom is -0.252 e. The fourth-order valence-electron chi connectivity index (χ4n) is 2.36.